The van der Waals surface area contributed by atoms with E-state index in [1.807, 2.05) is 39.1 Å². The van der Waals surface area contributed by atoms with Crippen molar-refractivity contribution in [3.8, 4) is 0 Å². The van der Waals surface area contributed by atoms with E-state index >= 15 is 0 Å². The predicted molar refractivity (Wildman–Crippen MR) is 109 cm³/mol. The molecule has 2 aromatic rings. The Kier molecular flexibility index (Phi) is 7.70. The molecule has 0 aliphatic carbocycles. The molecule has 0 aliphatic rings. The molecular weight excluding hydrogens is 357 g/mol. The number of likely N-dealkylation sites (N-methyl/N-ethyl adjacent to an activating group) is 1. The highest BCUT2D eigenvalue weighted by Gasteiger charge is 2.23. The van der Waals surface area contributed by atoms with Crippen LogP contribution in [0.5, 0.6) is 0 Å². The summed E-state index contributed by atoms with van der Waals surface area (Å²) < 4.78 is 12.9. The molecule has 2 atom stereocenters. The maximum absolute atomic E-state index is 12.9. The van der Waals surface area contributed by atoms with E-state index in [-0.39, 0.29) is 30.2 Å². The zero-order chi connectivity index (χ0) is 20.7. The van der Waals surface area contributed by atoms with Gasteiger partial charge in [-0.15, -0.1) is 0 Å². The second kappa shape index (κ2) is 9.99. The smallest absolute Gasteiger partial charge is 0.279 e. The van der Waals surface area contributed by atoms with Gasteiger partial charge in [0.25, 0.3) is 11.8 Å². The second-order valence-electron chi connectivity index (χ2n) is 7.21. The molecule has 0 aliphatic heterocycles. The van der Waals surface area contributed by atoms with E-state index in [0.717, 1.165) is 27.3 Å². The van der Waals surface area contributed by atoms with Crippen LogP contribution in [-0.2, 0) is 16.0 Å². The van der Waals surface area contributed by atoms with E-state index in [9.17, 15) is 14.0 Å². The number of aryl methyl sites for hydroxylation is 1. The van der Waals surface area contributed by atoms with Gasteiger partial charge in [-0.1, -0.05) is 24.3 Å². The molecule has 5 nitrogen and oxygen atoms in total. The first-order valence-electron chi connectivity index (χ1n) is 9.48. The first-order chi connectivity index (χ1) is 13.3. The Morgan fingerprint density at radius 3 is 2.46 bits per heavy atom. The molecule has 2 rings (SSSR count). The third kappa shape index (κ3) is 6.16. The Bertz CT molecular complexity index is 821. The van der Waals surface area contributed by atoms with Crippen molar-refractivity contribution in [1.82, 2.24) is 5.32 Å². The van der Waals surface area contributed by atoms with E-state index in [2.05, 4.69) is 10.6 Å². The summed E-state index contributed by atoms with van der Waals surface area (Å²) in [4.78, 5) is 25.5. The minimum absolute atomic E-state index is 0.112. The Labute approximate surface area is 165 Å². The normalized spacial score (nSPS) is 12.9. The summed E-state index contributed by atoms with van der Waals surface area (Å²) in [6.07, 6.45) is 0.630. The predicted octanol–water partition coefficient (Wildman–Crippen LogP) is 1.64. The Morgan fingerprint density at radius 2 is 1.79 bits per heavy atom. The van der Waals surface area contributed by atoms with Gasteiger partial charge in [0, 0.05) is 12.2 Å². The van der Waals surface area contributed by atoms with Crippen molar-refractivity contribution in [2.45, 2.75) is 33.2 Å². The monoisotopic (exact) mass is 386 g/mol. The average molecular weight is 386 g/mol. The summed E-state index contributed by atoms with van der Waals surface area (Å²) in [7, 11) is 1.83. The van der Waals surface area contributed by atoms with E-state index in [1.54, 1.807) is 19.1 Å². The van der Waals surface area contributed by atoms with E-state index in [0.29, 0.717) is 13.0 Å². The van der Waals surface area contributed by atoms with Crippen molar-refractivity contribution in [2.24, 2.45) is 0 Å². The minimum atomic E-state index is -0.363. The molecule has 0 heterocycles. The maximum atomic E-state index is 12.9. The van der Waals surface area contributed by atoms with Crippen LogP contribution in [0.15, 0.2) is 42.5 Å². The van der Waals surface area contributed by atoms with Crippen molar-refractivity contribution in [3.05, 3.63) is 65.0 Å². The Morgan fingerprint density at radius 1 is 1.11 bits per heavy atom. The van der Waals surface area contributed by atoms with Gasteiger partial charge >= 0.3 is 0 Å². The lowest BCUT2D eigenvalue weighted by molar-refractivity contribution is -0.885. The van der Waals surface area contributed by atoms with E-state index in [1.165, 1.54) is 12.1 Å². The fourth-order valence-corrected chi connectivity index (χ4v) is 2.85. The summed E-state index contributed by atoms with van der Waals surface area (Å²) in [6, 6.07) is 11.7. The highest BCUT2D eigenvalue weighted by atomic mass is 19.1. The van der Waals surface area contributed by atoms with Gasteiger partial charge in [0.05, 0.1) is 7.05 Å². The van der Waals surface area contributed by atoms with Gasteiger partial charge in [-0.2, -0.15) is 0 Å². The number of amides is 2. The fourth-order valence-electron chi connectivity index (χ4n) is 2.85. The molecule has 6 heteroatoms. The first kappa shape index (κ1) is 21.6. The number of rotatable bonds is 8. The molecule has 0 aromatic heterocycles. The molecule has 0 radical (unpaired) electrons. The fraction of sp³-hybridized carbons (Fsp3) is 0.364. The van der Waals surface area contributed by atoms with Crippen LogP contribution in [0.3, 0.4) is 0 Å². The van der Waals surface area contributed by atoms with Crippen molar-refractivity contribution in [2.75, 3.05) is 25.5 Å². The first-order valence-corrected chi connectivity index (χ1v) is 9.48. The summed E-state index contributed by atoms with van der Waals surface area (Å²) in [5, 5.41) is 5.80. The SMILES string of the molecule is Cc1cccc(NC(=O)C[NH+](C)[C@H](C)C(=O)NCCc2ccc(F)cc2)c1C. The number of benzene rings is 2. The van der Waals surface area contributed by atoms with Crippen molar-refractivity contribution < 1.29 is 18.9 Å². The molecule has 28 heavy (non-hydrogen) atoms. The molecular formula is C22H29FN3O2+. The number of hydrogen-bond donors (Lipinski definition) is 3. The van der Waals surface area contributed by atoms with E-state index in [4.69, 9.17) is 0 Å². The molecule has 150 valence electrons. The van der Waals surface area contributed by atoms with Crippen LogP contribution in [-0.4, -0.2) is 38.0 Å². The van der Waals surface area contributed by atoms with Crippen LogP contribution in [0, 0.1) is 19.7 Å². The molecule has 0 bridgehead atoms. The molecule has 0 saturated carbocycles. The number of anilines is 1. The Balaban J connectivity index is 1.79. The van der Waals surface area contributed by atoms with Crippen LogP contribution in [0.4, 0.5) is 10.1 Å². The average Bonchev–Trinajstić information content (AvgIpc) is 2.66. The maximum Gasteiger partial charge on any atom is 0.279 e. The van der Waals surface area contributed by atoms with Gasteiger partial charge in [0.2, 0.25) is 0 Å². The third-order valence-electron chi connectivity index (χ3n) is 5.08. The van der Waals surface area contributed by atoms with Crippen molar-refractivity contribution in [1.29, 1.82) is 0 Å². The lowest BCUT2D eigenvalue weighted by atomic mass is 10.1. The summed E-state index contributed by atoms with van der Waals surface area (Å²) >= 11 is 0. The van der Waals surface area contributed by atoms with Crippen LogP contribution >= 0.6 is 0 Å². The van der Waals surface area contributed by atoms with Crippen LogP contribution in [0.25, 0.3) is 0 Å². The molecule has 0 fully saturated rings. The Hall–Kier alpha value is -2.73. The number of nitrogens with one attached hydrogen (secondary N) is 3. The lowest BCUT2D eigenvalue weighted by Gasteiger charge is -2.21. The lowest BCUT2D eigenvalue weighted by Crippen LogP contribution is -3.15. The third-order valence-corrected chi connectivity index (χ3v) is 5.08. The molecule has 2 aromatic carbocycles. The van der Waals surface area contributed by atoms with Gasteiger partial charge in [0.15, 0.2) is 12.6 Å². The molecule has 0 saturated heterocycles. The van der Waals surface area contributed by atoms with Crippen molar-refractivity contribution in [3.63, 3.8) is 0 Å². The highest BCUT2D eigenvalue weighted by Crippen LogP contribution is 2.17. The number of carbonyl (C=O) groups is 2. The quantitative estimate of drug-likeness (QED) is 0.646. The van der Waals surface area contributed by atoms with E-state index < -0.39 is 0 Å². The standard InChI is InChI=1S/C22H28FN3O2/c1-15-6-5-7-20(16(15)2)25-21(27)14-26(4)17(3)22(28)24-13-12-18-8-10-19(23)11-9-18/h5-11,17H,12-14H2,1-4H3,(H,24,28)(H,25,27)/p+1/t17-/m1/s1. The van der Waals surface area contributed by atoms with Gasteiger partial charge in [0.1, 0.15) is 5.82 Å². The van der Waals surface area contributed by atoms with Crippen molar-refractivity contribution >= 4 is 17.5 Å². The topological polar surface area (TPSA) is 62.6 Å². The number of carbonyl (C=O) groups excluding carboxylic acids is 2. The number of hydrogen-bond acceptors (Lipinski definition) is 2. The second-order valence-corrected chi connectivity index (χ2v) is 7.21. The zero-order valence-corrected chi connectivity index (χ0v) is 16.9. The largest absolute Gasteiger partial charge is 0.351 e. The summed E-state index contributed by atoms with van der Waals surface area (Å²) in [5.74, 6) is -0.512. The number of halogens is 1. The summed E-state index contributed by atoms with van der Waals surface area (Å²) in [5.41, 5.74) is 3.92. The molecule has 1 unspecified atom stereocenters. The van der Waals surface area contributed by atoms with Crippen LogP contribution < -0.4 is 15.5 Å². The van der Waals surface area contributed by atoms with Gasteiger partial charge in [-0.25, -0.2) is 4.39 Å². The highest BCUT2D eigenvalue weighted by molar-refractivity contribution is 5.92. The minimum Gasteiger partial charge on any atom is -0.351 e. The van der Waals surface area contributed by atoms with Gasteiger partial charge in [-0.05, 0) is 62.1 Å². The van der Waals surface area contributed by atoms with Crippen LogP contribution in [0.2, 0.25) is 0 Å². The molecule has 3 N–H and O–H groups in total. The van der Waals surface area contributed by atoms with Crippen LogP contribution in [0.1, 0.15) is 23.6 Å². The van der Waals surface area contributed by atoms with Gasteiger partial charge in [-0.3, -0.25) is 9.59 Å². The molecule has 2 amide bonds. The molecule has 0 spiro atoms. The zero-order valence-electron chi connectivity index (χ0n) is 16.9. The van der Waals surface area contributed by atoms with Gasteiger partial charge < -0.3 is 15.5 Å². The summed E-state index contributed by atoms with van der Waals surface area (Å²) in [6.45, 7) is 6.43. The number of quaternary nitrogens is 1.